The second-order valence-corrected chi connectivity index (χ2v) is 18.1. The Bertz CT molecular complexity index is 3340. The molecule has 1 saturated carbocycles. The van der Waals surface area contributed by atoms with Gasteiger partial charge < -0.3 is 4.90 Å². The summed E-state index contributed by atoms with van der Waals surface area (Å²) in [7, 11) is 0. The predicted molar refractivity (Wildman–Crippen MR) is 251 cm³/mol. The maximum absolute atomic E-state index is 2.58. The summed E-state index contributed by atoms with van der Waals surface area (Å²) < 4.78 is 2.63. The molecule has 280 valence electrons. The molecule has 0 aliphatic heterocycles. The average molecular weight is 772 g/mol. The summed E-state index contributed by atoms with van der Waals surface area (Å²) in [6.07, 6.45) is 6.45. The van der Waals surface area contributed by atoms with E-state index >= 15 is 0 Å². The molecule has 1 fully saturated rings. The normalized spacial score (nSPS) is 16.8. The third kappa shape index (κ3) is 4.72. The van der Waals surface area contributed by atoms with Crippen molar-refractivity contribution in [2.24, 2.45) is 0 Å². The van der Waals surface area contributed by atoms with Crippen LogP contribution in [0.3, 0.4) is 0 Å². The van der Waals surface area contributed by atoms with E-state index in [1.54, 1.807) is 5.56 Å². The third-order valence-corrected chi connectivity index (χ3v) is 15.2. The molecule has 9 aromatic carbocycles. The second kappa shape index (κ2) is 12.8. The van der Waals surface area contributed by atoms with Crippen molar-refractivity contribution in [1.29, 1.82) is 0 Å². The first-order valence-electron chi connectivity index (χ1n) is 21.4. The van der Waals surface area contributed by atoms with Gasteiger partial charge in [-0.15, -0.1) is 11.3 Å². The monoisotopic (exact) mass is 771 g/mol. The molecule has 1 nitrogen and oxygen atoms in total. The lowest BCUT2D eigenvalue weighted by molar-refractivity contribution is 0.440. The summed E-state index contributed by atoms with van der Waals surface area (Å²) in [5, 5.41) is 7.90. The van der Waals surface area contributed by atoms with Crippen LogP contribution < -0.4 is 4.90 Å². The van der Waals surface area contributed by atoms with Gasteiger partial charge in [-0.05, 0) is 133 Å². The molecule has 1 unspecified atom stereocenters. The number of fused-ring (bicyclic) bond motifs is 13. The largest absolute Gasteiger partial charge is 0.310 e. The Morgan fingerprint density at radius 1 is 0.424 bits per heavy atom. The number of hydrogen-bond donors (Lipinski definition) is 0. The van der Waals surface area contributed by atoms with E-state index in [9.17, 15) is 0 Å². The Hall–Kier alpha value is -6.48. The van der Waals surface area contributed by atoms with Gasteiger partial charge in [-0.1, -0.05) is 159 Å². The number of hydrogen-bond acceptors (Lipinski definition) is 2. The van der Waals surface area contributed by atoms with Gasteiger partial charge in [-0.2, -0.15) is 0 Å². The van der Waals surface area contributed by atoms with Crippen LogP contribution in [0.4, 0.5) is 17.1 Å². The van der Waals surface area contributed by atoms with Crippen LogP contribution in [-0.4, -0.2) is 0 Å². The molecule has 10 aromatic rings. The van der Waals surface area contributed by atoms with Crippen molar-refractivity contribution in [3.63, 3.8) is 0 Å². The van der Waals surface area contributed by atoms with Gasteiger partial charge in [0.1, 0.15) is 0 Å². The standard InChI is InChI=1S/C57H41NS/c1-2-14-37(15-3-1)43-30-26-38-17-12-21-49-45-19-7-10-23-51(45)57(56(43)55(38)49)50-22-9-6-18-44(50)46-31-28-41(34-52(46)57)58(40-27-25-36-13-4-5-16-39(36)33-40)42-29-32-48-47-20-8-11-24-53(47)59-54(48)35-42/h4-13,16-35,37H,1-3,14-15H2. The highest BCUT2D eigenvalue weighted by atomic mass is 32.1. The zero-order chi connectivity index (χ0) is 38.7. The molecule has 59 heavy (non-hydrogen) atoms. The molecule has 1 atom stereocenters. The van der Waals surface area contributed by atoms with Crippen LogP contribution >= 0.6 is 11.3 Å². The highest BCUT2D eigenvalue weighted by molar-refractivity contribution is 7.25. The van der Waals surface area contributed by atoms with Gasteiger partial charge in [0.05, 0.1) is 5.41 Å². The fraction of sp³-hybridized carbons (Fsp3) is 0.123. The molecule has 0 N–H and O–H groups in total. The highest BCUT2D eigenvalue weighted by Gasteiger charge is 2.51. The summed E-state index contributed by atoms with van der Waals surface area (Å²) in [6.45, 7) is 0. The molecule has 0 saturated heterocycles. The Kier molecular flexibility index (Phi) is 7.24. The van der Waals surface area contributed by atoms with Gasteiger partial charge in [0.2, 0.25) is 0 Å². The first-order chi connectivity index (χ1) is 29.3. The summed E-state index contributed by atoms with van der Waals surface area (Å²) >= 11 is 1.89. The van der Waals surface area contributed by atoms with E-state index in [4.69, 9.17) is 0 Å². The van der Waals surface area contributed by atoms with E-state index in [0.29, 0.717) is 5.92 Å². The number of rotatable bonds is 4. The molecule has 3 aliphatic rings. The van der Waals surface area contributed by atoms with Gasteiger partial charge >= 0.3 is 0 Å². The fourth-order valence-corrected chi connectivity index (χ4v) is 12.7. The summed E-state index contributed by atoms with van der Waals surface area (Å²) in [5.41, 5.74) is 15.7. The van der Waals surface area contributed by atoms with Gasteiger partial charge in [0.15, 0.2) is 0 Å². The lowest BCUT2D eigenvalue weighted by atomic mass is 9.59. The smallest absolute Gasteiger partial charge is 0.0729 e. The quantitative estimate of drug-likeness (QED) is 0.172. The summed E-state index contributed by atoms with van der Waals surface area (Å²) in [5.74, 6) is 0.542. The van der Waals surface area contributed by atoms with Crippen LogP contribution in [0.25, 0.3) is 64.0 Å². The second-order valence-electron chi connectivity index (χ2n) is 17.0. The van der Waals surface area contributed by atoms with Crippen LogP contribution in [0, 0.1) is 0 Å². The molecule has 1 heterocycles. The van der Waals surface area contributed by atoms with Crippen molar-refractivity contribution < 1.29 is 0 Å². The zero-order valence-electron chi connectivity index (χ0n) is 32.8. The molecule has 1 aromatic heterocycles. The first-order valence-corrected chi connectivity index (χ1v) is 22.2. The third-order valence-electron chi connectivity index (χ3n) is 14.0. The molecular weight excluding hydrogens is 731 g/mol. The number of nitrogens with zero attached hydrogens (tertiary/aromatic N) is 1. The molecule has 3 aliphatic carbocycles. The number of anilines is 3. The van der Waals surface area contributed by atoms with E-state index < -0.39 is 5.41 Å². The van der Waals surface area contributed by atoms with Crippen molar-refractivity contribution in [2.75, 3.05) is 4.90 Å². The highest BCUT2D eigenvalue weighted by Crippen LogP contribution is 2.64. The van der Waals surface area contributed by atoms with E-state index in [1.807, 2.05) is 11.3 Å². The van der Waals surface area contributed by atoms with Crippen molar-refractivity contribution in [1.82, 2.24) is 0 Å². The predicted octanol–water partition coefficient (Wildman–Crippen LogP) is 16.2. The molecule has 1 spiro atoms. The topological polar surface area (TPSA) is 3.24 Å². The first kappa shape index (κ1) is 33.5. The van der Waals surface area contributed by atoms with Crippen molar-refractivity contribution >= 4 is 70.1 Å². The maximum Gasteiger partial charge on any atom is 0.0729 e. The van der Waals surface area contributed by atoms with Crippen molar-refractivity contribution in [3.8, 4) is 22.3 Å². The van der Waals surface area contributed by atoms with Crippen LogP contribution in [0.1, 0.15) is 65.8 Å². The van der Waals surface area contributed by atoms with E-state index in [1.165, 1.54) is 130 Å². The average Bonchev–Trinajstić information content (AvgIpc) is 3.81. The fourth-order valence-electron chi connectivity index (χ4n) is 11.5. The lowest BCUT2D eigenvalue weighted by Crippen LogP contribution is -2.34. The molecule has 2 heteroatoms. The minimum atomic E-state index is -0.482. The minimum absolute atomic E-state index is 0.482. The lowest BCUT2D eigenvalue weighted by Gasteiger charge is -2.43. The summed E-state index contributed by atoms with van der Waals surface area (Å²) in [6, 6.07) is 69.6. The zero-order valence-corrected chi connectivity index (χ0v) is 33.6. The van der Waals surface area contributed by atoms with Gasteiger partial charge in [0.25, 0.3) is 0 Å². The molecular formula is C57H41NS. The Morgan fingerprint density at radius 2 is 1.03 bits per heavy atom. The number of thiophene rings is 1. The van der Waals surface area contributed by atoms with Gasteiger partial charge in [-0.25, -0.2) is 0 Å². The van der Waals surface area contributed by atoms with Crippen LogP contribution in [-0.2, 0) is 5.41 Å². The van der Waals surface area contributed by atoms with E-state index in [0.717, 1.165) is 5.69 Å². The molecule has 13 rings (SSSR count). The summed E-state index contributed by atoms with van der Waals surface area (Å²) in [4.78, 5) is 2.51. The SMILES string of the molecule is c1ccc2c(c1)-c1ccc(N(c3ccc4ccccc4c3)c3ccc4c(c3)sc3ccccc34)cc1C21c2ccccc2-c2cccc3ccc(C4CCCCC4)c1c23. The van der Waals surface area contributed by atoms with Crippen molar-refractivity contribution in [2.45, 2.75) is 43.4 Å². The molecule has 0 radical (unpaired) electrons. The Morgan fingerprint density at radius 3 is 1.90 bits per heavy atom. The Labute approximate surface area is 348 Å². The van der Waals surface area contributed by atoms with Gasteiger partial charge in [-0.3, -0.25) is 0 Å². The molecule has 0 bridgehead atoms. The Balaban J connectivity index is 1.13. The minimum Gasteiger partial charge on any atom is -0.310 e. The molecule has 0 amide bonds. The van der Waals surface area contributed by atoms with E-state index in [-0.39, 0.29) is 0 Å². The van der Waals surface area contributed by atoms with Crippen LogP contribution in [0.5, 0.6) is 0 Å². The van der Waals surface area contributed by atoms with Gasteiger partial charge in [0, 0.05) is 37.2 Å². The number of benzene rings is 9. The van der Waals surface area contributed by atoms with Crippen molar-refractivity contribution in [3.05, 3.63) is 210 Å². The van der Waals surface area contributed by atoms with Crippen LogP contribution in [0.2, 0.25) is 0 Å². The van der Waals surface area contributed by atoms with E-state index in [2.05, 4.69) is 187 Å². The van der Waals surface area contributed by atoms with Crippen LogP contribution in [0.15, 0.2) is 182 Å². The maximum atomic E-state index is 2.58.